The Morgan fingerprint density at radius 3 is 2.76 bits per heavy atom. The second kappa shape index (κ2) is 8.17. The van der Waals surface area contributed by atoms with Crippen molar-refractivity contribution in [1.29, 1.82) is 5.26 Å². The van der Waals surface area contributed by atoms with Crippen molar-refractivity contribution in [3.05, 3.63) is 35.9 Å². The summed E-state index contributed by atoms with van der Waals surface area (Å²) in [7, 11) is 0. The van der Waals surface area contributed by atoms with Crippen molar-refractivity contribution in [3.8, 4) is 6.07 Å². The van der Waals surface area contributed by atoms with Gasteiger partial charge in [-0.05, 0) is 37.4 Å². The molecular weight excluding hydrogens is 258 g/mol. The number of piperidine rings is 1. The van der Waals surface area contributed by atoms with Gasteiger partial charge in [-0.2, -0.15) is 5.26 Å². The van der Waals surface area contributed by atoms with Gasteiger partial charge in [0.05, 0.1) is 12.0 Å². The summed E-state index contributed by atoms with van der Waals surface area (Å²) in [6, 6.07) is 13.2. The number of hydrogen-bond acceptors (Lipinski definition) is 3. The first-order valence-electron chi connectivity index (χ1n) is 8.09. The summed E-state index contributed by atoms with van der Waals surface area (Å²) in [5, 5.41) is 13.0. The molecule has 0 saturated carbocycles. The van der Waals surface area contributed by atoms with E-state index in [0.29, 0.717) is 6.04 Å². The van der Waals surface area contributed by atoms with E-state index in [1.54, 1.807) is 0 Å². The molecule has 2 unspecified atom stereocenters. The highest BCUT2D eigenvalue weighted by molar-refractivity contribution is 5.25. The van der Waals surface area contributed by atoms with Gasteiger partial charge in [0.25, 0.3) is 0 Å². The molecule has 0 aromatic heterocycles. The molecular formula is C18H27N3. The van der Waals surface area contributed by atoms with E-state index >= 15 is 0 Å². The Hall–Kier alpha value is -1.37. The molecule has 1 heterocycles. The van der Waals surface area contributed by atoms with E-state index in [1.165, 1.54) is 12.8 Å². The Morgan fingerprint density at radius 1 is 1.33 bits per heavy atom. The number of benzene rings is 1. The fourth-order valence-electron chi connectivity index (χ4n) is 3.05. The number of hydrogen-bond donors (Lipinski definition) is 1. The maximum Gasteiger partial charge on any atom is 0.0839 e. The highest BCUT2D eigenvalue weighted by atomic mass is 15.1. The van der Waals surface area contributed by atoms with Gasteiger partial charge in [-0.15, -0.1) is 0 Å². The summed E-state index contributed by atoms with van der Waals surface area (Å²) in [6.07, 6.45) is 2.55. The van der Waals surface area contributed by atoms with Crippen LogP contribution in [0, 0.1) is 17.2 Å². The molecule has 3 heteroatoms. The molecule has 0 spiro atoms. The van der Waals surface area contributed by atoms with Gasteiger partial charge in [0.15, 0.2) is 0 Å². The predicted octanol–water partition coefficient (Wildman–Crippen LogP) is 3.00. The molecule has 1 N–H and O–H groups in total. The maximum absolute atomic E-state index is 9.46. The second-order valence-electron chi connectivity index (χ2n) is 6.42. The minimum Gasteiger partial charge on any atom is -0.314 e. The van der Waals surface area contributed by atoms with Crippen LogP contribution in [0.1, 0.15) is 38.2 Å². The monoisotopic (exact) mass is 285 g/mol. The molecule has 0 radical (unpaired) electrons. The zero-order valence-corrected chi connectivity index (χ0v) is 13.3. The van der Waals surface area contributed by atoms with Crippen LogP contribution in [0.15, 0.2) is 30.3 Å². The first-order valence-corrected chi connectivity index (χ1v) is 8.09. The first kappa shape index (κ1) is 16.0. The average Bonchev–Trinajstić information content (AvgIpc) is 2.52. The van der Waals surface area contributed by atoms with E-state index in [9.17, 15) is 5.26 Å². The number of nitriles is 1. The largest absolute Gasteiger partial charge is 0.314 e. The van der Waals surface area contributed by atoms with Crippen molar-refractivity contribution >= 4 is 0 Å². The van der Waals surface area contributed by atoms with Crippen LogP contribution in [-0.4, -0.2) is 37.1 Å². The molecule has 1 aliphatic rings. The normalized spacial score (nSPS) is 21.1. The summed E-state index contributed by atoms with van der Waals surface area (Å²) in [5.41, 5.74) is 1.14. The van der Waals surface area contributed by atoms with E-state index < -0.39 is 0 Å². The highest BCUT2D eigenvalue weighted by Gasteiger charge is 2.23. The molecule has 0 amide bonds. The lowest BCUT2D eigenvalue weighted by Crippen LogP contribution is -2.42. The number of nitrogens with zero attached hydrogens (tertiary/aromatic N) is 2. The van der Waals surface area contributed by atoms with Crippen LogP contribution in [0.5, 0.6) is 0 Å². The standard InChI is InChI=1S/C18H27N3/c1-15(2)20-12-16-7-6-10-21(13-16)14-18(11-19)17-8-4-3-5-9-17/h3-5,8-9,15-16,18,20H,6-7,10,12-14H2,1-2H3. The Labute approximate surface area is 129 Å². The van der Waals surface area contributed by atoms with Crippen LogP contribution in [0.2, 0.25) is 0 Å². The molecule has 1 aromatic carbocycles. The van der Waals surface area contributed by atoms with Gasteiger partial charge >= 0.3 is 0 Å². The third kappa shape index (κ3) is 5.15. The average molecular weight is 285 g/mol. The fraction of sp³-hybridized carbons (Fsp3) is 0.611. The number of nitrogens with one attached hydrogen (secondary N) is 1. The summed E-state index contributed by atoms with van der Waals surface area (Å²) >= 11 is 0. The molecule has 0 aliphatic carbocycles. The van der Waals surface area contributed by atoms with Crippen LogP contribution in [0.25, 0.3) is 0 Å². The molecule has 0 bridgehead atoms. The third-order valence-electron chi connectivity index (χ3n) is 4.22. The van der Waals surface area contributed by atoms with Crippen LogP contribution >= 0.6 is 0 Å². The summed E-state index contributed by atoms with van der Waals surface area (Å²) in [4.78, 5) is 2.47. The molecule has 3 nitrogen and oxygen atoms in total. The van der Waals surface area contributed by atoms with E-state index in [0.717, 1.165) is 37.7 Å². The Morgan fingerprint density at radius 2 is 2.10 bits per heavy atom. The number of likely N-dealkylation sites (tertiary alicyclic amines) is 1. The van der Waals surface area contributed by atoms with Gasteiger partial charge in [-0.3, -0.25) is 0 Å². The molecule has 2 atom stereocenters. The van der Waals surface area contributed by atoms with Crippen molar-refractivity contribution in [2.45, 2.75) is 38.6 Å². The lowest BCUT2D eigenvalue weighted by Gasteiger charge is -2.34. The third-order valence-corrected chi connectivity index (χ3v) is 4.22. The van der Waals surface area contributed by atoms with Gasteiger partial charge in [-0.25, -0.2) is 0 Å². The molecule has 1 aliphatic heterocycles. The van der Waals surface area contributed by atoms with Crippen LogP contribution in [-0.2, 0) is 0 Å². The van der Waals surface area contributed by atoms with Crippen LogP contribution in [0.3, 0.4) is 0 Å². The summed E-state index contributed by atoms with van der Waals surface area (Å²) < 4.78 is 0. The molecule has 1 aromatic rings. The lowest BCUT2D eigenvalue weighted by atomic mass is 9.94. The fourth-order valence-corrected chi connectivity index (χ4v) is 3.05. The van der Waals surface area contributed by atoms with E-state index in [1.807, 2.05) is 18.2 Å². The first-order chi connectivity index (χ1) is 10.2. The van der Waals surface area contributed by atoms with Crippen LogP contribution < -0.4 is 5.32 Å². The van der Waals surface area contributed by atoms with Gasteiger partial charge in [-0.1, -0.05) is 44.2 Å². The zero-order valence-electron chi connectivity index (χ0n) is 13.3. The Balaban J connectivity index is 1.88. The second-order valence-corrected chi connectivity index (χ2v) is 6.42. The van der Waals surface area contributed by atoms with Crippen LogP contribution in [0.4, 0.5) is 0 Å². The van der Waals surface area contributed by atoms with Crippen molar-refractivity contribution in [2.24, 2.45) is 5.92 Å². The van der Waals surface area contributed by atoms with Gasteiger partial charge in [0.1, 0.15) is 0 Å². The van der Waals surface area contributed by atoms with Crippen molar-refractivity contribution in [2.75, 3.05) is 26.2 Å². The topological polar surface area (TPSA) is 39.1 Å². The van der Waals surface area contributed by atoms with Gasteiger partial charge < -0.3 is 10.2 Å². The minimum absolute atomic E-state index is 0.0111. The lowest BCUT2D eigenvalue weighted by molar-refractivity contribution is 0.168. The Bertz CT molecular complexity index is 449. The number of rotatable bonds is 6. The molecule has 21 heavy (non-hydrogen) atoms. The molecule has 2 rings (SSSR count). The SMILES string of the molecule is CC(C)NCC1CCCN(CC(C#N)c2ccccc2)C1. The predicted molar refractivity (Wildman–Crippen MR) is 87.1 cm³/mol. The van der Waals surface area contributed by atoms with Gasteiger partial charge in [0, 0.05) is 19.1 Å². The van der Waals surface area contributed by atoms with Crippen molar-refractivity contribution in [3.63, 3.8) is 0 Å². The smallest absolute Gasteiger partial charge is 0.0839 e. The van der Waals surface area contributed by atoms with Crippen molar-refractivity contribution in [1.82, 2.24) is 10.2 Å². The van der Waals surface area contributed by atoms with Gasteiger partial charge in [0.2, 0.25) is 0 Å². The highest BCUT2D eigenvalue weighted by Crippen LogP contribution is 2.21. The summed E-state index contributed by atoms with van der Waals surface area (Å²) in [5.74, 6) is 0.708. The maximum atomic E-state index is 9.46. The van der Waals surface area contributed by atoms with E-state index in [-0.39, 0.29) is 5.92 Å². The molecule has 1 fully saturated rings. The van der Waals surface area contributed by atoms with E-state index in [4.69, 9.17) is 0 Å². The van der Waals surface area contributed by atoms with Crippen molar-refractivity contribution < 1.29 is 0 Å². The summed E-state index contributed by atoms with van der Waals surface area (Å²) in [6.45, 7) is 8.59. The minimum atomic E-state index is -0.0111. The molecule has 114 valence electrons. The molecule has 1 saturated heterocycles. The van der Waals surface area contributed by atoms with E-state index in [2.05, 4.69) is 42.3 Å². The Kier molecular flexibility index (Phi) is 6.22. The quantitative estimate of drug-likeness (QED) is 0.873. The zero-order chi connectivity index (χ0) is 15.1.